The van der Waals surface area contributed by atoms with Crippen molar-refractivity contribution in [1.29, 1.82) is 0 Å². The monoisotopic (exact) mass is 165 g/mol. The van der Waals surface area contributed by atoms with E-state index in [9.17, 15) is 0 Å². The summed E-state index contributed by atoms with van der Waals surface area (Å²) in [6, 6.07) is 0. The Balaban J connectivity index is 2.23. The van der Waals surface area contributed by atoms with Gasteiger partial charge in [0.1, 0.15) is 11.3 Å². The number of hydrogen-bond donors (Lipinski definition) is 0. The van der Waals surface area contributed by atoms with E-state index < -0.39 is 0 Å². The molecular weight excluding hydrogens is 150 g/mol. The lowest BCUT2D eigenvalue weighted by Crippen LogP contribution is -2.28. The van der Waals surface area contributed by atoms with Crippen LogP contribution in [0.4, 0.5) is 0 Å². The first-order valence-corrected chi connectivity index (χ1v) is 4.67. The largest absolute Gasteiger partial charge is 0.446 e. The topological polar surface area (TPSA) is 21.6 Å². The zero-order valence-corrected chi connectivity index (χ0v) is 7.60. The average Bonchev–Trinajstić information content (AvgIpc) is 2.29. The van der Waals surface area contributed by atoms with Gasteiger partial charge in [-0.3, -0.25) is 0 Å². The first-order valence-electron chi connectivity index (χ1n) is 4.67. The van der Waals surface area contributed by atoms with Crippen LogP contribution >= 0.6 is 0 Å². The van der Waals surface area contributed by atoms with Gasteiger partial charge in [0.15, 0.2) is 5.90 Å². The van der Waals surface area contributed by atoms with Gasteiger partial charge in [0.2, 0.25) is 0 Å². The Morgan fingerprint density at radius 1 is 1.33 bits per heavy atom. The Labute approximate surface area is 73.3 Å². The molecule has 0 bridgehead atoms. The van der Waals surface area contributed by atoms with Gasteiger partial charge in [-0.1, -0.05) is 25.8 Å². The van der Waals surface area contributed by atoms with E-state index in [0.29, 0.717) is 0 Å². The fourth-order valence-electron chi connectivity index (χ4n) is 2.19. The number of rotatable bonds is 0. The fourth-order valence-corrected chi connectivity index (χ4v) is 2.19. The van der Waals surface area contributed by atoms with Gasteiger partial charge in [-0.05, 0) is 12.8 Å². The van der Waals surface area contributed by atoms with Gasteiger partial charge in [0, 0.05) is 6.92 Å². The molecule has 1 fully saturated rings. The van der Waals surface area contributed by atoms with E-state index in [1.165, 1.54) is 19.3 Å². The van der Waals surface area contributed by atoms with Crippen LogP contribution in [-0.4, -0.2) is 11.4 Å². The highest BCUT2D eigenvalue weighted by Gasteiger charge is 2.40. The first kappa shape index (κ1) is 7.84. The lowest BCUT2D eigenvalue weighted by Gasteiger charge is -2.29. The van der Waals surface area contributed by atoms with E-state index in [1.54, 1.807) is 0 Å². The molecule has 1 spiro atoms. The normalized spacial score (nSPS) is 27.1. The molecule has 0 amide bonds. The van der Waals surface area contributed by atoms with Gasteiger partial charge >= 0.3 is 0 Å². The summed E-state index contributed by atoms with van der Waals surface area (Å²) < 4.78 is 5.41. The lowest BCUT2D eigenvalue weighted by atomic mass is 9.81. The molecule has 0 N–H and O–H groups in total. The maximum absolute atomic E-state index is 5.41. The minimum absolute atomic E-state index is 0.0255. The van der Waals surface area contributed by atoms with Gasteiger partial charge in [-0.2, -0.15) is 0 Å². The van der Waals surface area contributed by atoms with Crippen LogP contribution in [0.3, 0.4) is 0 Å². The van der Waals surface area contributed by atoms with E-state index in [1.807, 2.05) is 6.92 Å². The summed E-state index contributed by atoms with van der Waals surface area (Å²) in [7, 11) is 0. The molecule has 1 heterocycles. The summed E-state index contributed by atoms with van der Waals surface area (Å²) in [4.78, 5) is 4.56. The molecule has 1 aliphatic heterocycles. The molecule has 0 atom stereocenters. The summed E-state index contributed by atoms with van der Waals surface area (Å²) in [6.07, 6.45) is 6.12. The van der Waals surface area contributed by atoms with Crippen molar-refractivity contribution in [2.45, 2.75) is 44.6 Å². The van der Waals surface area contributed by atoms with Crippen molar-refractivity contribution < 1.29 is 4.74 Å². The number of nitrogens with zero attached hydrogens (tertiary/aromatic N) is 1. The standard InChI is InChI=1S/C10H15NO/c1-8-10(11-9(2)12-8)6-4-3-5-7-10/h1,3-7H2,2H3. The van der Waals surface area contributed by atoms with Crippen molar-refractivity contribution in [1.82, 2.24) is 0 Å². The van der Waals surface area contributed by atoms with Gasteiger partial charge in [-0.25, -0.2) is 4.99 Å². The second-order valence-electron chi connectivity index (χ2n) is 3.75. The third-order valence-electron chi connectivity index (χ3n) is 2.84. The third-order valence-corrected chi connectivity index (χ3v) is 2.84. The molecule has 2 rings (SSSR count). The Morgan fingerprint density at radius 2 is 2.00 bits per heavy atom. The van der Waals surface area contributed by atoms with E-state index in [0.717, 1.165) is 24.5 Å². The smallest absolute Gasteiger partial charge is 0.187 e. The molecule has 2 heteroatoms. The van der Waals surface area contributed by atoms with Crippen molar-refractivity contribution in [3.63, 3.8) is 0 Å². The minimum atomic E-state index is -0.0255. The highest BCUT2D eigenvalue weighted by atomic mass is 16.5. The number of hydrogen-bond acceptors (Lipinski definition) is 2. The Morgan fingerprint density at radius 3 is 2.50 bits per heavy atom. The second-order valence-corrected chi connectivity index (χ2v) is 3.75. The Kier molecular flexibility index (Phi) is 1.71. The van der Waals surface area contributed by atoms with Gasteiger partial charge < -0.3 is 4.74 Å². The van der Waals surface area contributed by atoms with Crippen LogP contribution in [0, 0.1) is 0 Å². The second kappa shape index (κ2) is 2.61. The molecule has 2 aliphatic rings. The van der Waals surface area contributed by atoms with Crippen LogP contribution in [0.1, 0.15) is 39.0 Å². The van der Waals surface area contributed by atoms with Crippen molar-refractivity contribution in [2.75, 3.05) is 0 Å². The zero-order valence-electron chi connectivity index (χ0n) is 7.60. The highest BCUT2D eigenvalue weighted by molar-refractivity contribution is 5.77. The third kappa shape index (κ3) is 1.06. The predicted octanol–water partition coefficient (Wildman–Crippen LogP) is 2.65. The summed E-state index contributed by atoms with van der Waals surface area (Å²) in [5, 5.41) is 0. The first-order chi connectivity index (χ1) is 5.73. The van der Waals surface area contributed by atoms with Gasteiger partial charge in [0.05, 0.1) is 0 Å². The van der Waals surface area contributed by atoms with E-state index in [4.69, 9.17) is 4.74 Å². The SMILES string of the molecule is C=C1OC(C)=NC12CCCCC2. The molecule has 0 radical (unpaired) electrons. The highest BCUT2D eigenvalue weighted by Crippen LogP contribution is 2.40. The van der Waals surface area contributed by atoms with Crippen LogP contribution in [-0.2, 0) is 4.74 Å². The fraction of sp³-hybridized carbons (Fsp3) is 0.700. The van der Waals surface area contributed by atoms with Crippen molar-refractivity contribution in [3.05, 3.63) is 12.3 Å². The van der Waals surface area contributed by atoms with Crippen LogP contribution in [0.5, 0.6) is 0 Å². The molecule has 2 nitrogen and oxygen atoms in total. The zero-order chi connectivity index (χ0) is 8.60. The van der Waals surface area contributed by atoms with Crippen LogP contribution in [0.15, 0.2) is 17.3 Å². The summed E-state index contributed by atoms with van der Waals surface area (Å²) >= 11 is 0. The molecule has 0 aromatic carbocycles. The number of aliphatic imine (C=N–C) groups is 1. The summed E-state index contributed by atoms with van der Waals surface area (Å²) in [5.41, 5.74) is -0.0255. The predicted molar refractivity (Wildman–Crippen MR) is 49.2 cm³/mol. The molecule has 12 heavy (non-hydrogen) atoms. The Hall–Kier alpha value is -0.790. The van der Waals surface area contributed by atoms with Crippen molar-refractivity contribution in [3.8, 4) is 0 Å². The van der Waals surface area contributed by atoms with Crippen LogP contribution in [0.2, 0.25) is 0 Å². The number of ether oxygens (including phenoxy) is 1. The van der Waals surface area contributed by atoms with Crippen molar-refractivity contribution >= 4 is 5.90 Å². The quantitative estimate of drug-likeness (QED) is 0.540. The molecule has 1 aliphatic carbocycles. The van der Waals surface area contributed by atoms with E-state index in [2.05, 4.69) is 11.6 Å². The maximum Gasteiger partial charge on any atom is 0.187 e. The molecular formula is C10H15NO. The maximum atomic E-state index is 5.41. The van der Waals surface area contributed by atoms with Crippen LogP contribution < -0.4 is 0 Å². The van der Waals surface area contributed by atoms with Gasteiger partial charge in [-0.15, -0.1) is 0 Å². The Bertz CT molecular complexity index is 236. The summed E-state index contributed by atoms with van der Waals surface area (Å²) in [5.74, 6) is 1.67. The molecule has 0 aromatic rings. The molecule has 0 unspecified atom stereocenters. The molecule has 0 aromatic heterocycles. The van der Waals surface area contributed by atoms with Crippen molar-refractivity contribution in [2.24, 2.45) is 4.99 Å². The summed E-state index contributed by atoms with van der Waals surface area (Å²) in [6.45, 7) is 5.86. The van der Waals surface area contributed by atoms with Gasteiger partial charge in [0.25, 0.3) is 0 Å². The minimum Gasteiger partial charge on any atom is -0.446 e. The molecule has 1 saturated carbocycles. The average molecular weight is 165 g/mol. The lowest BCUT2D eigenvalue weighted by molar-refractivity contribution is 0.285. The van der Waals surface area contributed by atoms with E-state index >= 15 is 0 Å². The van der Waals surface area contributed by atoms with E-state index in [-0.39, 0.29) is 5.54 Å². The molecule has 0 saturated heterocycles. The molecule has 66 valence electrons. The van der Waals surface area contributed by atoms with Crippen LogP contribution in [0.25, 0.3) is 0 Å².